The van der Waals surface area contributed by atoms with Gasteiger partial charge in [-0.25, -0.2) is 0 Å². The molecule has 0 fully saturated rings. The number of hydrogen-bond acceptors (Lipinski definition) is 2. The Hall–Kier alpha value is -1.18. The van der Waals surface area contributed by atoms with Crippen LogP contribution in [0.15, 0.2) is 12.1 Å². The highest BCUT2D eigenvalue weighted by Gasteiger charge is 2.08. The number of rotatable bonds is 7. The fourth-order valence-corrected chi connectivity index (χ4v) is 2.06. The fourth-order valence-electron chi connectivity index (χ4n) is 2.06. The second-order valence-electron chi connectivity index (χ2n) is 4.67. The van der Waals surface area contributed by atoms with Gasteiger partial charge in [-0.2, -0.15) is 0 Å². The highest BCUT2D eigenvalue weighted by Crippen LogP contribution is 2.30. The lowest BCUT2D eigenvalue weighted by molar-refractivity contribution is 0.402. The summed E-state index contributed by atoms with van der Waals surface area (Å²) in [4.78, 5) is 0. The summed E-state index contributed by atoms with van der Waals surface area (Å²) in [5.41, 5.74) is 2.39. The Labute approximate surface area is 104 Å². The van der Waals surface area contributed by atoms with Crippen molar-refractivity contribution in [1.82, 2.24) is 0 Å². The molecular formula is C15H24O2. The number of hydrogen-bond donors (Lipinski definition) is 2. The van der Waals surface area contributed by atoms with Crippen LogP contribution in [0, 0.1) is 0 Å². The van der Waals surface area contributed by atoms with Gasteiger partial charge >= 0.3 is 0 Å². The molecule has 0 aromatic heterocycles. The van der Waals surface area contributed by atoms with Crippen molar-refractivity contribution in [3.05, 3.63) is 23.3 Å². The monoisotopic (exact) mass is 236 g/mol. The molecule has 2 N–H and O–H groups in total. The largest absolute Gasteiger partial charge is 0.504 e. The van der Waals surface area contributed by atoms with E-state index in [2.05, 4.69) is 13.8 Å². The minimum absolute atomic E-state index is 0.00958. The van der Waals surface area contributed by atoms with Gasteiger partial charge in [0.2, 0.25) is 0 Å². The van der Waals surface area contributed by atoms with Crippen LogP contribution in [0.25, 0.3) is 0 Å². The first-order chi connectivity index (χ1) is 8.19. The van der Waals surface area contributed by atoms with Crippen molar-refractivity contribution in [1.29, 1.82) is 0 Å². The van der Waals surface area contributed by atoms with Crippen LogP contribution >= 0.6 is 0 Å². The van der Waals surface area contributed by atoms with Gasteiger partial charge in [0.1, 0.15) is 0 Å². The number of unbranched alkanes of at least 4 members (excludes halogenated alkanes) is 3. The molecule has 0 aliphatic heterocycles. The maximum atomic E-state index is 9.56. The summed E-state index contributed by atoms with van der Waals surface area (Å²) in [6.07, 6.45) is 7.84. The van der Waals surface area contributed by atoms with Gasteiger partial charge in [0.05, 0.1) is 0 Å². The van der Waals surface area contributed by atoms with Crippen molar-refractivity contribution in [3.8, 4) is 11.5 Å². The molecule has 1 rings (SSSR count). The lowest BCUT2D eigenvalue weighted by atomic mass is 9.97. The van der Waals surface area contributed by atoms with Gasteiger partial charge in [0.15, 0.2) is 11.5 Å². The highest BCUT2D eigenvalue weighted by atomic mass is 16.3. The molecule has 17 heavy (non-hydrogen) atoms. The van der Waals surface area contributed by atoms with Gasteiger partial charge in [-0.15, -0.1) is 0 Å². The first-order valence-electron chi connectivity index (χ1n) is 6.72. The van der Waals surface area contributed by atoms with Crippen LogP contribution < -0.4 is 0 Å². The number of aryl methyl sites for hydroxylation is 2. The summed E-state index contributed by atoms with van der Waals surface area (Å²) >= 11 is 0. The van der Waals surface area contributed by atoms with Crippen LogP contribution in [-0.2, 0) is 12.8 Å². The van der Waals surface area contributed by atoms with E-state index in [4.69, 9.17) is 0 Å². The van der Waals surface area contributed by atoms with E-state index in [0.717, 1.165) is 32.1 Å². The van der Waals surface area contributed by atoms with Gasteiger partial charge in [-0.05, 0) is 48.9 Å². The van der Waals surface area contributed by atoms with Gasteiger partial charge in [-0.1, -0.05) is 33.1 Å². The molecule has 0 atom stereocenters. The Bertz CT molecular complexity index is 345. The standard InChI is InChI=1S/C15H24O2/c1-3-5-7-9-13-11-15(17)14(16)10-12(13)8-6-4-2/h10-11,16-17H,3-9H2,1-2H3. The molecule has 1 aromatic rings. The Morgan fingerprint density at radius 1 is 0.765 bits per heavy atom. The quantitative estimate of drug-likeness (QED) is 0.551. The van der Waals surface area contributed by atoms with Crippen molar-refractivity contribution in [2.75, 3.05) is 0 Å². The van der Waals surface area contributed by atoms with Crippen LogP contribution in [0.3, 0.4) is 0 Å². The van der Waals surface area contributed by atoms with Crippen molar-refractivity contribution >= 4 is 0 Å². The lowest BCUT2D eigenvalue weighted by Crippen LogP contribution is -1.95. The van der Waals surface area contributed by atoms with E-state index >= 15 is 0 Å². The van der Waals surface area contributed by atoms with E-state index in [0.29, 0.717) is 0 Å². The summed E-state index contributed by atoms with van der Waals surface area (Å²) in [7, 11) is 0. The minimum Gasteiger partial charge on any atom is -0.504 e. The van der Waals surface area contributed by atoms with Crippen molar-refractivity contribution < 1.29 is 10.2 Å². The number of aromatic hydroxyl groups is 2. The van der Waals surface area contributed by atoms with E-state index in [1.807, 2.05) is 0 Å². The van der Waals surface area contributed by atoms with Crippen molar-refractivity contribution in [3.63, 3.8) is 0 Å². The summed E-state index contributed by atoms with van der Waals surface area (Å²) in [5, 5.41) is 19.1. The van der Waals surface area contributed by atoms with Gasteiger partial charge in [0.25, 0.3) is 0 Å². The molecular weight excluding hydrogens is 212 g/mol. The average Bonchev–Trinajstić information content (AvgIpc) is 2.32. The Morgan fingerprint density at radius 2 is 1.24 bits per heavy atom. The van der Waals surface area contributed by atoms with E-state index < -0.39 is 0 Å². The van der Waals surface area contributed by atoms with E-state index in [9.17, 15) is 10.2 Å². The third-order valence-electron chi connectivity index (χ3n) is 3.15. The average molecular weight is 236 g/mol. The number of benzene rings is 1. The lowest BCUT2D eigenvalue weighted by Gasteiger charge is -2.11. The molecule has 2 nitrogen and oxygen atoms in total. The van der Waals surface area contributed by atoms with Crippen LogP contribution in [0.4, 0.5) is 0 Å². The van der Waals surface area contributed by atoms with E-state index in [-0.39, 0.29) is 11.5 Å². The van der Waals surface area contributed by atoms with Gasteiger partial charge in [0, 0.05) is 0 Å². The molecule has 2 heteroatoms. The molecule has 96 valence electrons. The minimum atomic E-state index is 0.00958. The molecule has 0 saturated carbocycles. The first-order valence-corrected chi connectivity index (χ1v) is 6.72. The summed E-state index contributed by atoms with van der Waals surface area (Å²) < 4.78 is 0. The van der Waals surface area contributed by atoms with Crippen LogP contribution in [0.2, 0.25) is 0 Å². The summed E-state index contributed by atoms with van der Waals surface area (Å²) in [6, 6.07) is 3.46. The molecule has 0 heterocycles. The van der Waals surface area contributed by atoms with Crippen LogP contribution in [-0.4, -0.2) is 10.2 Å². The van der Waals surface area contributed by atoms with Crippen LogP contribution in [0.1, 0.15) is 57.1 Å². The Morgan fingerprint density at radius 3 is 1.71 bits per heavy atom. The molecule has 0 unspecified atom stereocenters. The van der Waals surface area contributed by atoms with Crippen LogP contribution in [0.5, 0.6) is 11.5 Å². The molecule has 0 saturated heterocycles. The second kappa shape index (κ2) is 7.21. The predicted octanol–water partition coefficient (Wildman–Crippen LogP) is 4.17. The van der Waals surface area contributed by atoms with Gasteiger partial charge < -0.3 is 10.2 Å². The zero-order chi connectivity index (χ0) is 12.7. The molecule has 0 aliphatic rings. The molecule has 0 bridgehead atoms. The number of phenols is 2. The SMILES string of the molecule is CCCCCc1cc(O)c(O)cc1CCCC. The van der Waals surface area contributed by atoms with Crippen molar-refractivity contribution in [2.45, 2.75) is 58.8 Å². The normalized spacial score (nSPS) is 10.7. The van der Waals surface area contributed by atoms with Crippen molar-refractivity contribution in [2.24, 2.45) is 0 Å². The summed E-state index contributed by atoms with van der Waals surface area (Å²) in [6.45, 7) is 4.35. The van der Waals surface area contributed by atoms with E-state index in [1.54, 1.807) is 12.1 Å². The smallest absolute Gasteiger partial charge is 0.157 e. The molecule has 1 aromatic carbocycles. The molecule has 0 aliphatic carbocycles. The maximum Gasteiger partial charge on any atom is 0.157 e. The Kier molecular flexibility index (Phi) is 5.88. The topological polar surface area (TPSA) is 40.5 Å². The van der Waals surface area contributed by atoms with E-state index in [1.165, 1.54) is 24.0 Å². The molecule has 0 spiro atoms. The fraction of sp³-hybridized carbons (Fsp3) is 0.600. The molecule has 0 amide bonds. The summed E-state index contributed by atoms with van der Waals surface area (Å²) in [5.74, 6) is 0.0205. The zero-order valence-electron chi connectivity index (χ0n) is 11.0. The predicted molar refractivity (Wildman–Crippen MR) is 71.6 cm³/mol. The second-order valence-corrected chi connectivity index (χ2v) is 4.67. The zero-order valence-corrected chi connectivity index (χ0v) is 11.0. The third-order valence-corrected chi connectivity index (χ3v) is 3.15. The Balaban J connectivity index is 2.79. The maximum absolute atomic E-state index is 9.56. The third kappa shape index (κ3) is 4.29. The molecule has 0 radical (unpaired) electrons. The highest BCUT2D eigenvalue weighted by molar-refractivity contribution is 5.45. The van der Waals surface area contributed by atoms with Gasteiger partial charge in [-0.3, -0.25) is 0 Å². The number of phenolic OH excluding ortho intramolecular Hbond substituents is 2. The first kappa shape index (κ1) is 13.9.